The number of carboxylic acid groups (broad SMARTS) is 1. The van der Waals surface area contributed by atoms with Crippen molar-refractivity contribution in [2.75, 3.05) is 6.61 Å². The first-order valence-corrected chi connectivity index (χ1v) is 11.8. The average Bonchev–Trinajstić information content (AvgIpc) is 2.77. The summed E-state index contributed by atoms with van der Waals surface area (Å²) in [5, 5.41) is 31.1. The van der Waals surface area contributed by atoms with Crippen molar-refractivity contribution in [1.82, 2.24) is 0 Å². The Bertz CT molecular complexity index is 1200. The molecule has 0 bridgehead atoms. The number of ether oxygens (including phenoxy) is 1. The first-order valence-electron chi connectivity index (χ1n) is 11.5. The van der Waals surface area contributed by atoms with E-state index in [9.17, 15) is 28.9 Å². The van der Waals surface area contributed by atoms with E-state index >= 15 is 0 Å². The van der Waals surface area contributed by atoms with Gasteiger partial charge in [-0.3, -0.25) is 0 Å². The molecule has 0 spiro atoms. The van der Waals surface area contributed by atoms with Crippen molar-refractivity contribution in [2.45, 2.75) is 51.7 Å². The van der Waals surface area contributed by atoms with Crippen molar-refractivity contribution in [3.8, 4) is 5.75 Å². The molecule has 3 aromatic carbocycles. The third kappa shape index (κ3) is 8.24. The van der Waals surface area contributed by atoms with Gasteiger partial charge in [-0.05, 0) is 66.8 Å². The van der Waals surface area contributed by atoms with Crippen LogP contribution in [0.3, 0.4) is 0 Å². The fourth-order valence-corrected chi connectivity index (χ4v) is 4.54. The Labute approximate surface area is 242 Å². The zero-order chi connectivity index (χ0) is 26.6. The van der Waals surface area contributed by atoms with E-state index in [1.807, 2.05) is 13.0 Å². The van der Waals surface area contributed by atoms with Crippen molar-refractivity contribution >= 4 is 17.6 Å². The number of aliphatic hydroxyl groups excluding tert-OH is 2. The number of halogens is 3. The largest absolute Gasteiger partial charge is 1.00 e. The van der Waals surface area contributed by atoms with E-state index < -0.39 is 30.5 Å². The molecule has 0 aromatic heterocycles. The van der Waals surface area contributed by atoms with Gasteiger partial charge < -0.3 is 24.9 Å². The number of carbonyl (C=O) groups excluding carboxylic acids is 1. The number of rotatable bonds is 10. The SMILES string of the molecule is Cc1cc(Cl)c(OCC(O)C[C@@H](O)CC(=O)[O-])c(C(c2ccc(F)c(C)c2)c2ccc(F)c(C)c2)c1.[Na+]. The Hall–Kier alpha value is -2.00. The summed E-state index contributed by atoms with van der Waals surface area (Å²) in [5.74, 6) is -2.37. The summed E-state index contributed by atoms with van der Waals surface area (Å²) in [6.07, 6.45) is -3.31. The van der Waals surface area contributed by atoms with Gasteiger partial charge in [0.1, 0.15) is 24.0 Å². The van der Waals surface area contributed by atoms with Crippen molar-refractivity contribution in [2.24, 2.45) is 0 Å². The Balaban J connectivity index is 0.00000481. The molecule has 0 radical (unpaired) electrons. The van der Waals surface area contributed by atoms with E-state index in [-0.39, 0.29) is 65.0 Å². The Morgan fingerprint density at radius 1 is 0.946 bits per heavy atom. The molecule has 0 amide bonds. The van der Waals surface area contributed by atoms with Crippen LogP contribution in [0, 0.1) is 32.4 Å². The topological polar surface area (TPSA) is 89.8 Å². The van der Waals surface area contributed by atoms with Crippen LogP contribution in [-0.4, -0.2) is 35.0 Å². The van der Waals surface area contributed by atoms with Gasteiger partial charge in [0.25, 0.3) is 0 Å². The quantitative estimate of drug-likeness (QED) is 0.299. The maximum Gasteiger partial charge on any atom is 1.00 e. The molecule has 37 heavy (non-hydrogen) atoms. The normalized spacial score (nSPS) is 12.7. The van der Waals surface area contributed by atoms with Gasteiger partial charge in [-0.15, -0.1) is 0 Å². The van der Waals surface area contributed by atoms with Crippen molar-refractivity contribution in [1.29, 1.82) is 0 Å². The predicted molar refractivity (Wildman–Crippen MR) is 131 cm³/mol. The van der Waals surface area contributed by atoms with E-state index in [0.29, 0.717) is 16.7 Å². The van der Waals surface area contributed by atoms with Gasteiger partial charge in [-0.2, -0.15) is 0 Å². The van der Waals surface area contributed by atoms with Crippen LogP contribution in [0.25, 0.3) is 0 Å². The van der Waals surface area contributed by atoms with Gasteiger partial charge in [0.15, 0.2) is 0 Å². The number of aryl methyl sites for hydroxylation is 3. The number of aliphatic carboxylic acids is 1. The minimum absolute atomic E-state index is 0. The van der Waals surface area contributed by atoms with Crippen LogP contribution < -0.4 is 39.4 Å². The predicted octanol–water partition coefficient (Wildman–Crippen LogP) is 1.36. The van der Waals surface area contributed by atoms with E-state index in [4.69, 9.17) is 16.3 Å². The van der Waals surface area contributed by atoms with Gasteiger partial charge in [0, 0.05) is 30.3 Å². The smallest absolute Gasteiger partial charge is 0.550 e. The molecule has 9 heteroatoms. The molecule has 0 aliphatic rings. The minimum atomic E-state index is -1.42. The summed E-state index contributed by atoms with van der Waals surface area (Å²) in [6, 6.07) is 13.0. The molecule has 2 atom stereocenters. The number of hydrogen-bond donors (Lipinski definition) is 2. The third-order valence-corrected chi connectivity index (χ3v) is 6.21. The van der Waals surface area contributed by atoms with Crippen molar-refractivity contribution in [3.05, 3.63) is 98.6 Å². The van der Waals surface area contributed by atoms with Gasteiger partial charge in [-0.1, -0.05) is 41.9 Å². The van der Waals surface area contributed by atoms with Crippen LogP contribution >= 0.6 is 11.6 Å². The molecule has 0 fully saturated rings. The maximum absolute atomic E-state index is 14.1. The molecule has 192 valence electrons. The number of aliphatic hydroxyl groups is 2. The third-order valence-electron chi connectivity index (χ3n) is 5.92. The molecule has 5 nitrogen and oxygen atoms in total. The monoisotopic (exact) mass is 540 g/mol. The van der Waals surface area contributed by atoms with E-state index in [2.05, 4.69) is 0 Å². The summed E-state index contributed by atoms with van der Waals surface area (Å²) in [7, 11) is 0. The minimum Gasteiger partial charge on any atom is -0.550 e. The van der Waals surface area contributed by atoms with Gasteiger partial charge >= 0.3 is 29.6 Å². The maximum atomic E-state index is 14.1. The fourth-order valence-electron chi connectivity index (χ4n) is 4.21. The van der Waals surface area contributed by atoms with Gasteiger partial charge in [0.05, 0.1) is 17.2 Å². The molecular formula is C28H28ClF2NaO5. The molecule has 1 unspecified atom stereocenters. The molecule has 2 N–H and O–H groups in total. The molecule has 3 rings (SSSR count). The summed E-state index contributed by atoms with van der Waals surface area (Å²) in [5.41, 5.74) is 3.80. The average molecular weight is 541 g/mol. The Morgan fingerprint density at radius 2 is 1.49 bits per heavy atom. The van der Waals surface area contributed by atoms with E-state index in [0.717, 1.165) is 16.7 Å². The number of carboxylic acids is 1. The second-order valence-corrected chi connectivity index (χ2v) is 9.45. The van der Waals surface area contributed by atoms with Crippen LogP contribution in [0.1, 0.15) is 52.1 Å². The van der Waals surface area contributed by atoms with Crippen LogP contribution in [0.4, 0.5) is 8.78 Å². The molecular weight excluding hydrogens is 513 g/mol. The molecule has 0 saturated heterocycles. The summed E-state index contributed by atoms with van der Waals surface area (Å²) < 4.78 is 34.1. The van der Waals surface area contributed by atoms with E-state index in [1.165, 1.54) is 12.1 Å². The summed E-state index contributed by atoms with van der Waals surface area (Å²) in [4.78, 5) is 10.7. The second-order valence-electron chi connectivity index (χ2n) is 9.05. The molecule has 0 aliphatic heterocycles. The molecule has 0 heterocycles. The first kappa shape index (κ1) is 31.2. The molecule has 0 aliphatic carbocycles. The van der Waals surface area contributed by atoms with Crippen LogP contribution in [0.2, 0.25) is 5.02 Å². The second kappa shape index (κ2) is 13.7. The first-order chi connectivity index (χ1) is 17.0. The van der Waals surface area contributed by atoms with Crippen LogP contribution in [0.15, 0.2) is 48.5 Å². The Kier molecular flexibility index (Phi) is 11.6. The Morgan fingerprint density at radius 3 is 1.97 bits per heavy atom. The molecule has 0 saturated carbocycles. The number of hydrogen-bond acceptors (Lipinski definition) is 5. The van der Waals surface area contributed by atoms with Crippen LogP contribution in [0.5, 0.6) is 5.75 Å². The van der Waals surface area contributed by atoms with Crippen molar-refractivity contribution < 1.29 is 63.2 Å². The van der Waals surface area contributed by atoms with Crippen molar-refractivity contribution in [3.63, 3.8) is 0 Å². The van der Waals surface area contributed by atoms with Gasteiger partial charge in [0.2, 0.25) is 0 Å². The zero-order valence-corrected chi connectivity index (χ0v) is 24.0. The number of carbonyl (C=O) groups is 1. The van der Waals surface area contributed by atoms with Crippen LogP contribution in [-0.2, 0) is 4.79 Å². The molecule has 3 aromatic rings. The standard InChI is InChI=1S/C28H29ClF2O5.Na/c1-15-8-22(28(23(29)9-15)36-14-21(33)12-20(32)13-26(34)35)27(18-4-6-24(30)16(2)10-18)19-5-7-25(31)17(3)11-19;/h4-11,20-21,27,32-33H,12-14H2,1-3H3,(H,34,35);/q;+1/p-1/t20-,21?;/m1./s1. The fraction of sp³-hybridized carbons (Fsp3) is 0.321. The van der Waals surface area contributed by atoms with Gasteiger partial charge in [-0.25, -0.2) is 8.78 Å². The number of benzene rings is 3. The van der Waals surface area contributed by atoms with E-state index in [1.54, 1.807) is 44.2 Å². The summed E-state index contributed by atoms with van der Waals surface area (Å²) in [6.45, 7) is 4.90. The zero-order valence-electron chi connectivity index (χ0n) is 21.2. The summed E-state index contributed by atoms with van der Waals surface area (Å²) >= 11 is 6.56.